The van der Waals surface area contributed by atoms with Crippen molar-refractivity contribution in [1.29, 1.82) is 0 Å². The van der Waals surface area contributed by atoms with E-state index in [1.54, 1.807) is 0 Å². The van der Waals surface area contributed by atoms with Crippen LogP contribution in [-0.2, 0) is 0 Å². The molecular formula is C6H14N2. The molecule has 0 aromatic carbocycles. The molecule has 0 saturated heterocycles. The number of hydrogen-bond acceptors (Lipinski definition) is 2. The van der Waals surface area contributed by atoms with E-state index in [0.717, 1.165) is 12.8 Å². The zero-order valence-corrected chi connectivity index (χ0v) is 5.35. The highest BCUT2D eigenvalue weighted by Crippen LogP contribution is 2.24. The van der Waals surface area contributed by atoms with Crippen LogP contribution in [0.25, 0.3) is 0 Å². The number of rotatable bonds is 0. The first kappa shape index (κ1) is 6.05. The summed E-state index contributed by atoms with van der Waals surface area (Å²) in [6.07, 6.45) is 3.40. The van der Waals surface area contributed by atoms with E-state index in [0.29, 0.717) is 0 Å². The highest BCUT2D eigenvalue weighted by Gasteiger charge is 2.31. The van der Waals surface area contributed by atoms with Gasteiger partial charge >= 0.3 is 0 Å². The minimum Gasteiger partial charge on any atom is -0.326 e. The Labute approximate surface area is 50.2 Å². The predicted molar refractivity (Wildman–Crippen MR) is 34.4 cm³/mol. The normalized spacial score (nSPS) is 47.6. The maximum Gasteiger partial charge on any atom is 0.0279 e. The van der Waals surface area contributed by atoms with E-state index in [1.165, 1.54) is 6.42 Å². The van der Waals surface area contributed by atoms with Crippen LogP contribution in [-0.4, -0.2) is 11.6 Å². The molecule has 1 saturated carbocycles. The Morgan fingerprint density at radius 1 is 1.62 bits per heavy atom. The van der Waals surface area contributed by atoms with Crippen molar-refractivity contribution in [3.8, 4) is 0 Å². The summed E-state index contributed by atoms with van der Waals surface area (Å²) in [5, 5.41) is 0. The van der Waals surface area contributed by atoms with E-state index in [4.69, 9.17) is 11.5 Å². The van der Waals surface area contributed by atoms with Crippen LogP contribution >= 0.6 is 0 Å². The summed E-state index contributed by atoms with van der Waals surface area (Å²) in [6.45, 7) is 2.03. The summed E-state index contributed by atoms with van der Waals surface area (Å²) >= 11 is 0. The largest absolute Gasteiger partial charge is 0.326 e. The molecule has 2 atom stereocenters. The van der Waals surface area contributed by atoms with Gasteiger partial charge in [0.25, 0.3) is 0 Å². The molecule has 8 heavy (non-hydrogen) atoms. The SMILES string of the molecule is C[C@@]1(N)CCC[C@@H]1N. The minimum atomic E-state index is -0.0694. The number of nitrogens with two attached hydrogens (primary N) is 2. The molecule has 4 N–H and O–H groups in total. The van der Waals surface area contributed by atoms with Crippen molar-refractivity contribution < 1.29 is 0 Å². The highest BCUT2D eigenvalue weighted by molar-refractivity contribution is 4.95. The zero-order chi connectivity index (χ0) is 6.20. The van der Waals surface area contributed by atoms with E-state index in [-0.39, 0.29) is 11.6 Å². The zero-order valence-electron chi connectivity index (χ0n) is 5.35. The first-order valence-corrected chi connectivity index (χ1v) is 3.17. The fourth-order valence-electron chi connectivity index (χ4n) is 1.22. The van der Waals surface area contributed by atoms with E-state index < -0.39 is 0 Å². The van der Waals surface area contributed by atoms with Crippen molar-refractivity contribution in [2.45, 2.75) is 37.8 Å². The van der Waals surface area contributed by atoms with Crippen LogP contribution < -0.4 is 11.5 Å². The Balaban J connectivity index is 2.54. The number of hydrogen-bond donors (Lipinski definition) is 2. The lowest BCUT2D eigenvalue weighted by Gasteiger charge is -2.22. The topological polar surface area (TPSA) is 52.0 Å². The van der Waals surface area contributed by atoms with Crippen molar-refractivity contribution in [2.75, 3.05) is 0 Å². The molecule has 2 heteroatoms. The van der Waals surface area contributed by atoms with Crippen LogP contribution in [0, 0.1) is 0 Å². The Hall–Kier alpha value is -0.0800. The predicted octanol–water partition coefficient (Wildman–Crippen LogP) is 0.215. The van der Waals surface area contributed by atoms with Gasteiger partial charge in [-0.25, -0.2) is 0 Å². The third-order valence-corrected chi connectivity index (χ3v) is 2.08. The maximum atomic E-state index is 5.80. The van der Waals surface area contributed by atoms with Crippen LogP contribution in [0.1, 0.15) is 26.2 Å². The molecule has 0 bridgehead atoms. The van der Waals surface area contributed by atoms with Crippen molar-refractivity contribution >= 4 is 0 Å². The first-order valence-electron chi connectivity index (χ1n) is 3.17. The molecule has 0 aliphatic heterocycles. The van der Waals surface area contributed by atoms with Crippen molar-refractivity contribution in [3.05, 3.63) is 0 Å². The molecule has 1 fully saturated rings. The molecule has 1 rings (SSSR count). The Morgan fingerprint density at radius 3 is 2.38 bits per heavy atom. The lowest BCUT2D eigenvalue weighted by atomic mass is 9.98. The molecule has 48 valence electrons. The van der Waals surface area contributed by atoms with Crippen LogP contribution in [0.4, 0.5) is 0 Å². The Bertz CT molecular complexity index is 88.5. The van der Waals surface area contributed by atoms with E-state index in [1.807, 2.05) is 6.92 Å². The molecule has 2 nitrogen and oxygen atoms in total. The Kier molecular flexibility index (Phi) is 1.29. The second-order valence-corrected chi connectivity index (χ2v) is 3.00. The minimum absolute atomic E-state index is 0.0694. The third kappa shape index (κ3) is 0.858. The summed E-state index contributed by atoms with van der Waals surface area (Å²) in [5.74, 6) is 0. The molecule has 0 amide bonds. The smallest absolute Gasteiger partial charge is 0.0279 e. The molecule has 1 aliphatic rings. The summed E-state index contributed by atoms with van der Waals surface area (Å²) in [4.78, 5) is 0. The van der Waals surface area contributed by atoms with Gasteiger partial charge in [0, 0.05) is 11.6 Å². The lowest BCUT2D eigenvalue weighted by molar-refractivity contribution is 0.429. The maximum absolute atomic E-state index is 5.80. The van der Waals surface area contributed by atoms with Gasteiger partial charge in [-0.1, -0.05) is 0 Å². The van der Waals surface area contributed by atoms with Crippen molar-refractivity contribution in [2.24, 2.45) is 11.5 Å². The summed E-state index contributed by atoms with van der Waals surface area (Å²) in [7, 11) is 0. The monoisotopic (exact) mass is 114 g/mol. The average Bonchev–Trinajstić information content (AvgIpc) is 1.86. The van der Waals surface area contributed by atoms with Crippen molar-refractivity contribution in [1.82, 2.24) is 0 Å². The molecule has 0 heterocycles. The van der Waals surface area contributed by atoms with Crippen LogP contribution in [0.15, 0.2) is 0 Å². The molecule has 0 aromatic heterocycles. The average molecular weight is 114 g/mol. The van der Waals surface area contributed by atoms with Gasteiger partial charge in [-0.2, -0.15) is 0 Å². The van der Waals surface area contributed by atoms with Gasteiger partial charge in [0.05, 0.1) is 0 Å². The van der Waals surface area contributed by atoms with Gasteiger partial charge < -0.3 is 11.5 Å². The van der Waals surface area contributed by atoms with Gasteiger partial charge in [0.1, 0.15) is 0 Å². The van der Waals surface area contributed by atoms with E-state index in [9.17, 15) is 0 Å². The van der Waals surface area contributed by atoms with Gasteiger partial charge in [0.15, 0.2) is 0 Å². The summed E-state index contributed by atoms with van der Waals surface area (Å²) in [5.41, 5.74) is 11.4. The lowest BCUT2D eigenvalue weighted by Crippen LogP contribution is -2.48. The van der Waals surface area contributed by atoms with Crippen LogP contribution in [0.2, 0.25) is 0 Å². The van der Waals surface area contributed by atoms with Crippen LogP contribution in [0.3, 0.4) is 0 Å². The van der Waals surface area contributed by atoms with Crippen molar-refractivity contribution in [3.63, 3.8) is 0 Å². The molecular weight excluding hydrogens is 100 g/mol. The highest BCUT2D eigenvalue weighted by atomic mass is 14.9. The van der Waals surface area contributed by atoms with Gasteiger partial charge in [-0.05, 0) is 26.2 Å². The third-order valence-electron chi connectivity index (χ3n) is 2.08. The second-order valence-electron chi connectivity index (χ2n) is 3.00. The second kappa shape index (κ2) is 1.71. The molecule has 0 radical (unpaired) electrons. The summed E-state index contributed by atoms with van der Waals surface area (Å²) < 4.78 is 0. The van der Waals surface area contributed by atoms with Gasteiger partial charge in [-0.3, -0.25) is 0 Å². The molecule has 0 spiro atoms. The summed E-state index contributed by atoms with van der Waals surface area (Å²) in [6, 6.07) is 0.238. The molecule has 0 aromatic rings. The first-order chi connectivity index (χ1) is 3.63. The van der Waals surface area contributed by atoms with Gasteiger partial charge in [-0.15, -0.1) is 0 Å². The fraction of sp³-hybridized carbons (Fsp3) is 1.00. The standard InChI is InChI=1S/C6H14N2/c1-6(8)4-2-3-5(6)7/h5H,2-4,7-8H2,1H3/t5-,6+/m0/s1. The van der Waals surface area contributed by atoms with Crippen LogP contribution in [0.5, 0.6) is 0 Å². The van der Waals surface area contributed by atoms with Gasteiger partial charge in [0.2, 0.25) is 0 Å². The Morgan fingerprint density at radius 2 is 2.25 bits per heavy atom. The quantitative estimate of drug-likeness (QED) is 0.473. The fourth-order valence-corrected chi connectivity index (χ4v) is 1.22. The molecule has 0 unspecified atom stereocenters. The van der Waals surface area contributed by atoms with E-state index >= 15 is 0 Å². The molecule has 1 aliphatic carbocycles. The van der Waals surface area contributed by atoms with E-state index in [2.05, 4.69) is 0 Å².